The van der Waals surface area contributed by atoms with Crippen LogP contribution in [0.2, 0.25) is 0 Å². The molecule has 6 heteroatoms. The summed E-state index contributed by atoms with van der Waals surface area (Å²) >= 11 is 0. The lowest BCUT2D eigenvalue weighted by Crippen LogP contribution is -2.25. The standard InChI is InChI=1S/C22H28N4O2/c1-28-20-9-3-2-7-17(20)8-6-11-25-14-10-18(16-25)19-15-21(27)24-22(23-19)26-12-4-5-13-26/h2-3,6-9,15,18H,4-5,10-14,16H2,1H3,(H,23,24,27)/b8-6-/t18-/m0/s1. The number of likely N-dealkylation sites (tertiary alicyclic amines) is 1. The molecular weight excluding hydrogens is 352 g/mol. The highest BCUT2D eigenvalue weighted by atomic mass is 16.5. The Morgan fingerprint density at radius 3 is 2.89 bits per heavy atom. The van der Waals surface area contributed by atoms with Crippen LogP contribution in [0.3, 0.4) is 0 Å². The molecule has 0 unspecified atom stereocenters. The first-order valence-electron chi connectivity index (χ1n) is 10.1. The third-order valence-corrected chi connectivity index (χ3v) is 5.65. The van der Waals surface area contributed by atoms with Gasteiger partial charge in [-0.15, -0.1) is 0 Å². The highest BCUT2D eigenvalue weighted by Gasteiger charge is 2.26. The zero-order chi connectivity index (χ0) is 19.3. The van der Waals surface area contributed by atoms with Gasteiger partial charge >= 0.3 is 0 Å². The van der Waals surface area contributed by atoms with Crippen LogP contribution in [0.25, 0.3) is 6.08 Å². The van der Waals surface area contributed by atoms with Crippen LogP contribution in [-0.4, -0.2) is 54.7 Å². The predicted molar refractivity (Wildman–Crippen MR) is 112 cm³/mol. The summed E-state index contributed by atoms with van der Waals surface area (Å²) < 4.78 is 5.40. The predicted octanol–water partition coefficient (Wildman–Crippen LogP) is 2.88. The molecule has 1 atom stereocenters. The van der Waals surface area contributed by atoms with Gasteiger partial charge in [-0.2, -0.15) is 0 Å². The number of hydrogen-bond donors (Lipinski definition) is 1. The summed E-state index contributed by atoms with van der Waals surface area (Å²) in [5, 5.41) is 0. The highest BCUT2D eigenvalue weighted by Crippen LogP contribution is 2.26. The Morgan fingerprint density at radius 1 is 1.25 bits per heavy atom. The highest BCUT2D eigenvalue weighted by molar-refractivity contribution is 5.57. The number of anilines is 1. The topological polar surface area (TPSA) is 61.5 Å². The molecule has 0 amide bonds. The first-order valence-corrected chi connectivity index (χ1v) is 10.1. The van der Waals surface area contributed by atoms with E-state index < -0.39 is 0 Å². The second-order valence-electron chi connectivity index (χ2n) is 7.58. The fraction of sp³-hybridized carbons (Fsp3) is 0.455. The van der Waals surface area contributed by atoms with E-state index in [-0.39, 0.29) is 5.56 Å². The van der Waals surface area contributed by atoms with Crippen molar-refractivity contribution >= 4 is 12.0 Å². The van der Waals surface area contributed by atoms with Gasteiger partial charge < -0.3 is 9.64 Å². The zero-order valence-electron chi connectivity index (χ0n) is 16.4. The van der Waals surface area contributed by atoms with E-state index in [1.807, 2.05) is 18.2 Å². The molecule has 2 fully saturated rings. The van der Waals surface area contributed by atoms with Crippen LogP contribution >= 0.6 is 0 Å². The molecule has 0 saturated carbocycles. The molecule has 2 aromatic rings. The number of aromatic amines is 1. The van der Waals surface area contributed by atoms with Gasteiger partial charge in [0.2, 0.25) is 5.95 Å². The SMILES string of the molecule is COc1ccccc1/C=C\CN1CC[C@H](c2cc(=O)[nH]c(N3CCCC3)n2)C1. The summed E-state index contributed by atoms with van der Waals surface area (Å²) in [6.45, 7) is 4.81. The van der Waals surface area contributed by atoms with Crippen LogP contribution in [0.5, 0.6) is 5.75 Å². The van der Waals surface area contributed by atoms with Crippen LogP contribution < -0.4 is 15.2 Å². The lowest BCUT2D eigenvalue weighted by Gasteiger charge is -2.18. The minimum Gasteiger partial charge on any atom is -0.496 e. The van der Waals surface area contributed by atoms with Crippen molar-refractivity contribution in [2.45, 2.75) is 25.2 Å². The summed E-state index contributed by atoms with van der Waals surface area (Å²) in [7, 11) is 1.70. The molecule has 3 heterocycles. The molecule has 28 heavy (non-hydrogen) atoms. The van der Waals surface area contributed by atoms with Crippen molar-refractivity contribution < 1.29 is 4.74 Å². The van der Waals surface area contributed by atoms with Gasteiger partial charge in [-0.3, -0.25) is 14.7 Å². The monoisotopic (exact) mass is 380 g/mol. The number of nitrogens with zero attached hydrogens (tertiary/aromatic N) is 3. The molecule has 6 nitrogen and oxygen atoms in total. The molecule has 0 spiro atoms. The van der Waals surface area contributed by atoms with Gasteiger partial charge in [0.1, 0.15) is 5.75 Å². The maximum Gasteiger partial charge on any atom is 0.252 e. The van der Waals surface area contributed by atoms with Crippen molar-refractivity contribution in [3.63, 3.8) is 0 Å². The van der Waals surface area contributed by atoms with Gasteiger partial charge in [0.15, 0.2) is 0 Å². The van der Waals surface area contributed by atoms with Crippen molar-refractivity contribution in [2.75, 3.05) is 44.7 Å². The van der Waals surface area contributed by atoms with Crippen molar-refractivity contribution in [3.8, 4) is 5.75 Å². The van der Waals surface area contributed by atoms with E-state index in [9.17, 15) is 4.79 Å². The first-order chi connectivity index (χ1) is 13.7. The Morgan fingerprint density at radius 2 is 2.07 bits per heavy atom. The van der Waals surface area contributed by atoms with Gasteiger partial charge in [0.25, 0.3) is 5.56 Å². The largest absolute Gasteiger partial charge is 0.496 e. The van der Waals surface area contributed by atoms with Crippen molar-refractivity contribution in [2.24, 2.45) is 0 Å². The maximum absolute atomic E-state index is 12.1. The van der Waals surface area contributed by atoms with E-state index >= 15 is 0 Å². The summed E-state index contributed by atoms with van der Waals surface area (Å²) in [5.74, 6) is 1.96. The van der Waals surface area contributed by atoms with E-state index in [2.05, 4.69) is 33.0 Å². The molecule has 1 aromatic heterocycles. The fourth-order valence-electron chi connectivity index (χ4n) is 4.12. The molecule has 1 N–H and O–H groups in total. The number of ether oxygens (including phenoxy) is 1. The number of nitrogens with one attached hydrogen (secondary N) is 1. The zero-order valence-corrected chi connectivity index (χ0v) is 16.4. The van der Waals surface area contributed by atoms with Crippen molar-refractivity contribution in [1.29, 1.82) is 0 Å². The number of benzene rings is 1. The van der Waals surface area contributed by atoms with Crippen LogP contribution in [0.1, 0.15) is 36.4 Å². The van der Waals surface area contributed by atoms with Gasteiger partial charge in [-0.05, 0) is 31.9 Å². The number of methoxy groups -OCH3 is 1. The quantitative estimate of drug-likeness (QED) is 0.835. The van der Waals surface area contributed by atoms with Crippen LogP contribution in [0.4, 0.5) is 5.95 Å². The average Bonchev–Trinajstić information content (AvgIpc) is 3.40. The first kappa shape index (κ1) is 18.7. The van der Waals surface area contributed by atoms with Gasteiger partial charge in [-0.25, -0.2) is 4.98 Å². The number of H-pyrrole nitrogens is 1. The minimum atomic E-state index is -0.0404. The Bertz CT molecular complexity index is 886. The lowest BCUT2D eigenvalue weighted by atomic mass is 10.1. The van der Waals surface area contributed by atoms with E-state index in [0.717, 1.165) is 62.1 Å². The number of para-hydroxylation sites is 1. The van der Waals surface area contributed by atoms with Gasteiger partial charge in [0, 0.05) is 43.7 Å². The summed E-state index contributed by atoms with van der Waals surface area (Å²) in [6, 6.07) is 9.71. The normalized spacial score (nSPS) is 20.3. The third-order valence-electron chi connectivity index (χ3n) is 5.65. The molecular formula is C22H28N4O2. The maximum atomic E-state index is 12.1. The fourth-order valence-corrected chi connectivity index (χ4v) is 4.12. The molecule has 1 aromatic carbocycles. The van der Waals surface area contributed by atoms with E-state index in [4.69, 9.17) is 9.72 Å². The number of rotatable bonds is 6. The summed E-state index contributed by atoms with van der Waals surface area (Å²) in [6.07, 6.45) is 7.68. The van der Waals surface area contributed by atoms with Gasteiger partial charge in [-0.1, -0.05) is 30.4 Å². The number of hydrogen-bond acceptors (Lipinski definition) is 5. The third kappa shape index (κ3) is 4.28. The van der Waals surface area contributed by atoms with E-state index in [1.54, 1.807) is 13.2 Å². The van der Waals surface area contributed by atoms with Crippen LogP contribution in [0.15, 0.2) is 41.2 Å². The molecule has 0 radical (unpaired) electrons. The molecule has 0 aliphatic carbocycles. The van der Waals surface area contributed by atoms with Gasteiger partial charge in [0.05, 0.1) is 12.8 Å². The smallest absolute Gasteiger partial charge is 0.252 e. The molecule has 148 valence electrons. The van der Waals surface area contributed by atoms with Crippen molar-refractivity contribution in [3.05, 3.63) is 58.0 Å². The molecule has 2 aliphatic rings. The number of aromatic nitrogens is 2. The Kier molecular flexibility index (Phi) is 5.76. The summed E-state index contributed by atoms with van der Waals surface area (Å²) in [5.41, 5.74) is 1.98. The second kappa shape index (κ2) is 8.61. The second-order valence-corrected chi connectivity index (χ2v) is 7.58. The minimum absolute atomic E-state index is 0.0404. The van der Waals surface area contributed by atoms with E-state index in [0.29, 0.717) is 5.92 Å². The lowest BCUT2D eigenvalue weighted by molar-refractivity contribution is 0.371. The molecule has 2 aliphatic heterocycles. The molecule has 0 bridgehead atoms. The summed E-state index contributed by atoms with van der Waals surface area (Å²) in [4.78, 5) is 24.4. The average molecular weight is 380 g/mol. The van der Waals surface area contributed by atoms with Crippen LogP contribution in [-0.2, 0) is 0 Å². The Balaban J connectivity index is 1.39. The van der Waals surface area contributed by atoms with Crippen molar-refractivity contribution in [1.82, 2.24) is 14.9 Å². The Hall–Kier alpha value is -2.60. The van der Waals surface area contributed by atoms with E-state index in [1.165, 1.54) is 12.8 Å². The van der Waals surface area contributed by atoms with Crippen LogP contribution in [0, 0.1) is 0 Å². The molecule has 4 rings (SSSR count). The molecule has 2 saturated heterocycles. The Labute approximate surface area is 165 Å².